The van der Waals surface area contributed by atoms with Gasteiger partial charge in [-0.25, -0.2) is 0 Å². The number of piperidine rings is 1. The summed E-state index contributed by atoms with van der Waals surface area (Å²) in [5.41, 5.74) is 0. The number of esters is 4. The molecule has 9 nitrogen and oxygen atoms in total. The van der Waals surface area contributed by atoms with Gasteiger partial charge in [0.15, 0.2) is 18.3 Å². The van der Waals surface area contributed by atoms with E-state index in [9.17, 15) is 19.2 Å². The van der Waals surface area contributed by atoms with E-state index in [0.717, 1.165) is 12.8 Å². The van der Waals surface area contributed by atoms with E-state index >= 15 is 0 Å². The second-order valence-electron chi connectivity index (χ2n) is 9.04. The van der Waals surface area contributed by atoms with Crippen LogP contribution in [0.2, 0.25) is 0 Å². The first-order valence-electron chi connectivity index (χ1n) is 13.3. The number of carbonyl (C=O) groups is 4. The Labute approximate surface area is 210 Å². The van der Waals surface area contributed by atoms with Crippen LogP contribution in [-0.4, -0.2) is 72.8 Å². The lowest BCUT2D eigenvalue weighted by Gasteiger charge is -2.47. The first kappa shape index (κ1) is 30.9. The first-order chi connectivity index (χ1) is 16.8. The van der Waals surface area contributed by atoms with Crippen LogP contribution in [0.4, 0.5) is 0 Å². The van der Waals surface area contributed by atoms with Crippen LogP contribution in [0, 0.1) is 0 Å². The Balaban J connectivity index is 3.36. The summed E-state index contributed by atoms with van der Waals surface area (Å²) < 4.78 is 23.0. The molecule has 35 heavy (non-hydrogen) atoms. The van der Waals surface area contributed by atoms with Gasteiger partial charge in [-0.1, -0.05) is 41.0 Å². The predicted molar refractivity (Wildman–Crippen MR) is 131 cm³/mol. The van der Waals surface area contributed by atoms with Crippen LogP contribution in [0.5, 0.6) is 0 Å². The van der Waals surface area contributed by atoms with Gasteiger partial charge in [0.25, 0.3) is 0 Å². The minimum absolute atomic E-state index is 0.00985. The van der Waals surface area contributed by atoms with Crippen molar-refractivity contribution in [3.05, 3.63) is 0 Å². The van der Waals surface area contributed by atoms with Gasteiger partial charge in [0.1, 0.15) is 6.61 Å². The van der Waals surface area contributed by atoms with Crippen LogP contribution in [0.15, 0.2) is 0 Å². The molecule has 9 heteroatoms. The number of hydrogen-bond donors (Lipinski definition) is 0. The Hall–Kier alpha value is -2.16. The largest absolute Gasteiger partial charge is 0.464 e. The molecule has 1 rings (SSSR count). The van der Waals surface area contributed by atoms with E-state index in [1.165, 1.54) is 0 Å². The summed E-state index contributed by atoms with van der Waals surface area (Å²) in [5.74, 6) is -1.61. The second-order valence-corrected chi connectivity index (χ2v) is 9.04. The zero-order valence-corrected chi connectivity index (χ0v) is 22.2. The number of ether oxygens (including phenoxy) is 4. The van der Waals surface area contributed by atoms with Crippen LogP contribution in [0.25, 0.3) is 0 Å². The van der Waals surface area contributed by atoms with Gasteiger partial charge in [-0.05, 0) is 38.6 Å². The molecular weight excluding hydrogens is 454 g/mol. The maximum absolute atomic E-state index is 12.6. The molecule has 1 aliphatic rings. The second kappa shape index (κ2) is 17.3. The average molecular weight is 500 g/mol. The zero-order chi connectivity index (χ0) is 26.2. The fraction of sp³-hybridized carbons (Fsp3) is 0.846. The minimum Gasteiger partial charge on any atom is -0.464 e. The third-order valence-electron chi connectivity index (χ3n) is 5.80. The van der Waals surface area contributed by atoms with E-state index in [-0.39, 0.29) is 44.8 Å². The van der Waals surface area contributed by atoms with Crippen LogP contribution < -0.4 is 0 Å². The average Bonchev–Trinajstić information content (AvgIpc) is 2.79. The van der Waals surface area contributed by atoms with Gasteiger partial charge in [0, 0.05) is 32.2 Å². The molecule has 0 radical (unpaired) electrons. The standard InChI is InChI=1S/C26H45NO8/c1-6-11-16-27-17-20(33-22(29)13-8-3)26(35-24(31)15-10-5)25(34-23(30)14-9-4)19(27)18-32-21(28)12-7-2/h19-20,25-26H,6-18H2,1-5H3. The number of hydrogen-bond acceptors (Lipinski definition) is 9. The third kappa shape index (κ3) is 11.0. The molecule has 1 heterocycles. The van der Waals surface area contributed by atoms with Crippen molar-refractivity contribution in [2.75, 3.05) is 19.7 Å². The van der Waals surface area contributed by atoms with Crippen LogP contribution in [-0.2, 0) is 38.1 Å². The highest BCUT2D eigenvalue weighted by Gasteiger charge is 2.50. The Morgan fingerprint density at radius 1 is 0.657 bits per heavy atom. The molecular formula is C26H45NO8. The molecule has 1 aliphatic heterocycles. The summed E-state index contributed by atoms with van der Waals surface area (Å²) in [5, 5.41) is 0. The predicted octanol–water partition coefficient (Wildman–Crippen LogP) is 3.95. The van der Waals surface area contributed by atoms with Crippen molar-refractivity contribution >= 4 is 23.9 Å². The van der Waals surface area contributed by atoms with Crippen molar-refractivity contribution in [1.82, 2.24) is 4.90 Å². The minimum atomic E-state index is -0.983. The first-order valence-corrected chi connectivity index (χ1v) is 13.3. The molecule has 0 spiro atoms. The zero-order valence-electron chi connectivity index (χ0n) is 22.2. The smallest absolute Gasteiger partial charge is 0.306 e. The van der Waals surface area contributed by atoms with E-state index in [1.54, 1.807) is 0 Å². The molecule has 0 amide bonds. The van der Waals surface area contributed by atoms with Gasteiger partial charge in [0.2, 0.25) is 0 Å². The highest BCUT2D eigenvalue weighted by atomic mass is 16.6. The summed E-state index contributed by atoms with van der Waals surface area (Å²) in [7, 11) is 0. The molecule has 0 aromatic heterocycles. The Morgan fingerprint density at radius 3 is 1.66 bits per heavy atom. The molecule has 4 unspecified atom stereocenters. The van der Waals surface area contributed by atoms with Crippen molar-refractivity contribution in [3.63, 3.8) is 0 Å². The Kier molecular flexibility index (Phi) is 15.3. The number of rotatable bonds is 16. The topological polar surface area (TPSA) is 108 Å². The lowest BCUT2D eigenvalue weighted by atomic mass is 9.92. The summed E-state index contributed by atoms with van der Waals surface area (Å²) in [6.07, 6.45) is 2.43. The Morgan fingerprint density at radius 2 is 1.14 bits per heavy atom. The molecule has 0 saturated carbocycles. The van der Waals surface area contributed by atoms with Crippen LogP contribution in [0.1, 0.15) is 98.8 Å². The third-order valence-corrected chi connectivity index (χ3v) is 5.80. The Bertz CT molecular complexity index is 668. The molecule has 0 aromatic carbocycles. The lowest BCUT2D eigenvalue weighted by molar-refractivity contribution is -0.210. The fourth-order valence-corrected chi connectivity index (χ4v) is 4.04. The maximum atomic E-state index is 12.6. The summed E-state index contributed by atoms with van der Waals surface area (Å²) >= 11 is 0. The molecule has 1 saturated heterocycles. The molecule has 0 bridgehead atoms. The van der Waals surface area contributed by atoms with Crippen molar-refractivity contribution in [2.24, 2.45) is 0 Å². The summed E-state index contributed by atoms with van der Waals surface area (Å²) in [6, 6.07) is -0.524. The monoisotopic (exact) mass is 499 g/mol. The van der Waals surface area contributed by atoms with Gasteiger partial charge < -0.3 is 18.9 Å². The number of carbonyl (C=O) groups excluding carboxylic acids is 4. The van der Waals surface area contributed by atoms with E-state index in [4.69, 9.17) is 18.9 Å². The lowest BCUT2D eigenvalue weighted by Crippen LogP contribution is -2.65. The summed E-state index contributed by atoms with van der Waals surface area (Å²) in [6.45, 7) is 10.5. The molecule has 0 N–H and O–H groups in total. The van der Waals surface area contributed by atoms with Crippen molar-refractivity contribution < 1.29 is 38.1 Å². The highest BCUT2D eigenvalue weighted by Crippen LogP contribution is 2.28. The van der Waals surface area contributed by atoms with Gasteiger partial charge in [0.05, 0.1) is 6.04 Å². The molecule has 0 aromatic rings. The van der Waals surface area contributed by atoms with Gasteiger partial charge in [-0.3, -0.25) is 24.1 Å². The van der Waals surface area contributed by atoms with Gasteiger partial charge in [-0.15, -0.1) is 0 Å². The van der Waals surface area contributed by atoms with E-state index in [2.05, 4.69) is 6.92 Å². The molecule has 4 atom stereocenters. The number of unbranched alkanes of at least 4 members (excludes halogenated alkanes) is 1. The molecule has 202 valence electrons. The van der Waals surface area contributed by atoms with Crippen molar-refractivity contribution in [2.45, 2.75) is 123 Å². The van der Waals surface area contributed by atoms with Crippen LogP contribution >= 0.6 is 0 Å². The van der Waals surface area contributed by atoms with Gasteiger partial charge in [-0.2, -0.15) is 0 Å². The number of likely N-dealkylation sites (tertiary alicyclic amines) is 1. The van der Waals surface area contributed by atoms with E-state index in [0.29, 0.717) is 32.2 Å². The summed E-state index contributed by atoms with van der Waals surface area (Å²) in [4.78, 5) is 51.8. The molecule has 0 aliphatic carbocycles. The van der Waals surface area contributed by atoms with Crippen molar-refractivity contribution in [1.29, 1.82) is 0 Å². The SMILES string of the molecule is CCCCN1CC(OC(=O)CCC)C(OC(=O)CCC)C(OC(=O)CCC)C1COC(=O)CCC. The van der Waals surface area contributed by atoms with Crippen LogP contribution in [0.3, 0.4) is 0 Å². The maximum Gasteiger partial charge on any atom is 0.306 e. The normalized spacial score (nSPS) is 22.3. The van der Waals surface area contributed by atoms with Crippen molar-refractivity contribution in [3.8, 4) is 0 Å². The van der Waals surface area contributed by atoms with E-state index < -0.39 is 42.3 Å². The van der Waals surface area contributed by atoms with Gasteiger partial charge >= 0.3 is 23.9 Å². The van der Waals surface area contributed by atoms with E-state index in [1.807, 2.05) is 32.6 Å². The number of nitrogens with zero attached hydrogens (tertiary/aromatic N) is 1. The molecule has 1 fully saturated rings. The fourth-order valence-electron chi connectivity index (χ4n) is 4.04. The quantitative estimate of drug-likeness (QED) is 0.230. The highest BCUT2D eigenvalue weighted by molar-refractivity contribution is 5.72.